The minimum atomic E-state index is 0.0734. The van der Waals surface area contributed by atoms with Crippen molar-refractivity contribution in [2.24, 2.45) is 5.84 Å². The Kier molecular flexibility index (Phi) is 4.21. The predicted molar refractivity (Wildman–Crippen MR) is 60.3 cm³/mol. The lowest BCUT2D eigenvalue weighted by atomic mass is 9.99. The summed E-state index contributed by atoms with van der Waals surface area (Å²) in [5, 5.41) is 0. The molecule has 5 nitrogen and oxygen atoms in total. The fraction of sp³-hybridized carbons (Fsp3) is 0.636. The second-order valence-electron chi connectivity index (χ2n) is 4.12. The maximum absolute atomic E-state index is 5.70. The number of nitrogens with two attached hydrogens (primary N) is 1. The van der Waals surface area contributed by atoms with Gasteiger partial charge in [0.15, 0.2) is 0 Å². The summed E-state index contributed by atoms with van der Waals surface area (Å²) in [7, 11) is 0. The first-order valence-corrected chi connectivity index (χ1v) is 5.73. The van der Waals surface area contributed by atoms with E-state index < -0.39 is 0 Å². The third kappa shape index (κ3) is 2.98. The standard InChI is InChI=1S/C11H18N4O/c12-15-11(9-6-13-8-14-7-9)5-10-3-1-2-4-16-10/h6-8,10-11,15H,1-5,12H2. The molecule has 3 N–H and O–H groups in total. The molecule has 0 bridgehead atoms. The molecule has 88 valence electrons. The van der Waals surface area contributed by atoms with Crippen LogP contribution in [0.1, 0.15) is 37.3 Å². The van der Waals surface area contributed by atoms with Gasteiger partial charge in [-0.2, -0.15) is 0 Å². The van der Waals surface area contributed by atoms with Gasteiger partial charge in [-0.1, -0.05) is 0 Å². The van der Waals surface area contributed by atoms with Gasteiger partial charge in [0.1, 0.15) is 6.33 Å². The summed E-state index contributed by atoms with van der Waals surface area (Å²) in [4.78, 5) is 8.00. The molecule has 1 aliphatic rings. The van der Waals surface area contributed by atoms with Gasteiger partial charge in [-0.25, -0.2) is 9.97 Å². The molecule has 1 aromatic heterocycles. The van der Waals surface area contributed by atoms with Crippen molar-refractivity contribution < 1.29 is 4.74 Å². The molecular formula is C11H18N4O. The molecule has 0 aliphatic carbocycles. The summed E-state index contributed by atoms with van der Waals surface area (Å²) < 4.78 is 5.70. The predicted octanol–water partition coefficient (Wildman–Crippen LogP) is 0.940. The molecule has 0 aromatic carbocycles. The fourth-order valence-electron chi connectivity index (χ4n) is 2.05. The highest BCUT2D eigenvalue weighted by molar-refractivity contribution is 5.09. The van der Waals surface area contributed by atoms with Crippen LogP contribution < -0.4 is 11.3 Å². The quantitative estimate of drug-likeness (QED) is 0.586. The minimum Gasteiger partial charge on any atom is -0.378 e. The third-order valence-corrected chi connectivity index (χ3v) is 2.96. The van der Waals surface area contributed by atoms with Gasteiger partial charge < -0.3 is 4.74 Å². The van der Waals surface area contributed by atoms with Crippen molar-refractivity contribution in [3.63, 3.8) is 0 Å². The maximum Gasteiger partial charge on any atom is 0.115 e. The number of nitrogens with one attached hydrogen (secondary N) is 1. The van der Waals surface area contributed by atoms with E-state index in [-0.39, 0.29) is 6.04 Å². The maximum atomic E-state index is 5.70. The van der Waals surface area contributed by atoms with Gasteiger partial charge in [-0.15, -0.1) is 0 Å². The number of hydrogen-bond acceptors (Lipinski definition) is 5. The van der Waals surface area contributed by atoms with E-state index in [0.29, 0.717) is 6.10 Å². The summed E-state index contributed by atoms with van der Waals surface area (Å²) in [6.07, 6.45) is 9.82. The molecule has 16 heavy (non-hydrogen) atoms. The van der Waals surface area contributed by atoms with Crippen LogP contribution >= 0.6 is 0 Å². The van der Waals surface area contributed by atoms with Crippen LogP contribution in [0.2, 0.25) is 0 Å². The molecule has 5 heteroatoms. The summed E-state index contributed by atoms with van der Waals surface area (Å²) in [6.45, 7) is 0.868. The van der Waals surface area contributed by atoms with Crippen LogP contribution in [0.4, 0.5) is 0 Å². The zero-order chi connectivity index (χ0) is 11.2. The molecule has 0 amide bonds. The van der Waals surface area contributed by atoms with Crippen LogP contribution in [-0.2, 0) is 4.74 Å². The molecule has 1 aliphatic heterocycles. The van der Waals surface area contributed by atoms with Crippen molar-refractivity contribution in [1.82, 2.24) is 15.4 Å². The van der Waals surface area contributed by atoms with Crippen molar-refractivity contribution >= 4 is 0 Å². The Morgan fingerprint density at radius 3 is 2.88 bits per heavy atom. The normalized spacial score (nSPS) is 22.9. The first-order valence-electron chi connectivity index (χ1n) is 5.73. The molecule has 1 aromatic rings. The number of hydrogen-bond donors (Lipinski definition) is 2. The topological polar surface area (TPSA) is 73.1 Å². The fourth-order valence-corrected chi connectivity index (χ4v) is 2.05. The Hall–Kier alpha value is -1.04. The number of hydrazine groups is 1. The molecule has 2 heterocycles. The Balaban J connectivity index is 1.94. The Morgan fingerprint density at radius 2 is 2.25 bits per heavy atom. The minimum absolute atomic E-state index is 0.0734. The van der Waals surface area contributed by atoms with Crippen LogP contribution in [-0.4, -0.2) is 22.7 Å². The Morgan fingerprint density at radius 1 is 1.44 bits per heavy atom. The van der Waals surface area contributed by atoms with Gasteiger partial charge in [0, 0.05) is 24.6 Å². The van der Waals surface area contributed by atoms with Crippen molar-refractivity contribution in [2.45, 2.75) is 37.8 Å². The van der Waals surface area contributed by atoms with Crippen LogP contribution in [0.15, 0.2) is 18.7 Å². The number of rotatable bonds is 4. The van der Waals surface area contributed by atoms with Crippen LogP contribution in [0.3, 0.4) is 0 Å². The van der Waals surface area contributed by atoms with E-state index >= 15 is 0 Å². The summed E-state index contributed by atoms with van der Waals surface area (Å²) >= 11 is 0. The second kappa shape index (κ2) is 5.89. The van der Waals surface area contributed by atoms with Crippen LogP contribution in [0, 0.1) is 0 Å². The third-order valence-electron chi connectivity index (χ3n) is 2.96. The van der Waals surface area contributed by atoms with Crippen molar-refractivity contribution in [3.8, 4) is 0 Å². The average Bonchev–Trinajstić information content (AvgIpc) is 2.38. The van der Waals surface area contributed by atoms with Crippen LogP contribution in [0.25, 0.3) is 0 Å². The largest absolute Gasteiger partial charge is 0.378 e. The van der Waals surface area contributed by atoms with Gasteiger partial charge in [0.25, 0.3) is 0 Å². The van der Waals surface area contributed by atoms with Crippen molar-refractivity contribution in [1.29, 1.82) is 0 Å². The summed E-state index contributed by atoms with van der Waals surface area (Å²) in [6, 6.07) is 0.0734. The number of aromatic nitrogens is 2. The van der Waals surface area contributed by atoms with Gasteiger partial charge in [0.05, 0.1) is 12.1 Å². The van der Waals surface area contributed by atoms with Gasteiger partial charge in [-0.3, -0.25) is 11.3 Å². The van der Waals surface area contributed by atoms with Crippen molar-refractivity contribution in [3.05, 3.63) is 24.3 Å². The van der Waals surface area contributed by atoms with E-state index in [9.17, 15) is 0 Å². The molecule has 0 saturated carbocycles. The van der Waals surface area contributed by atoms with Gasteiger partial charge in [-0.05, 0) is 25.7 Å². The zero-order valence-corrected chi connectivity index (χ0v) is 9.30. The zero-order valence-electron chi connectivity index (χ0n) is 9.30. The molecule has 0 spiro atoms. The highest BCUT2D eigenvalue weighted by Gasteiger charge is 2.20. The van der Waals surface area contributed by atoms with E-state index in [4.69, 9.17) is 10.6 Å². The van der Waals surface area contributed by atoms with E-state index in [1.807, 2.05) is 0 Å². The SMILES string of the molecule is NNC(CC1CCCCO1)c1cncnc1. The smallest absolute Gasteiger partial charge is 0.115 e. The molecule has 1 fully saturated rings. The molecule has 1 saturated heterocycles. The second-order valence-corrected chi connectivity index (χ2v) is 4.12. The molecule has 2 atom stereocenters. The number of nitrogens with zero attached hydrogens (tertiary/aromatic N) is 2. The van der Waals surface area contributed by atoms with Gasteiger partial charge >= 0.3 is 0 Å². The highest BCUT2D eigenvalue weighted by atomic mass is 16.5. The molecule has 2 unspecified atom stereocenters. The lowest BCUT2D eigenvalue weighted by Crippen LogP contribution is -2.33. The van der Waals surface area contributed by atoms with Crippen LogP contribution in [0.5, 0.6) is 0 Å². The molecular weight excluding hydrogens is 204 g/mol. The lowest BCUT2D eigenvalue weighted by Gasteiger charge is -2.26. The highest BCUT2D eigenvalue weighted by Crippen LogP contribution is 2.23. The van der Waals surface area contributed by atoms with Gasteiger partial charge in [0.2, 0.25) is 0 Å². The van der Waals surface area contributed by atoms with E-state index in [1.165, 1.54) is 19.2 Å². The average molecular weight is 222 g/mol. The van der Waals surface area contributed by atoms with E-state index in [1.54, 1.807) is 12.4 Å². The first-order chi connectivity index (χ1) is 7.90. The van der Waals surface area contributed by atoms with E-state index in [2.05, 4.69) is 15.4 Å². The Bertz CT molecular complexity index is 300. The molecule has 0 radical (unpaired) electrons. The summed E-state index contributed by atoms with van der Waals surface area (Å²) in [5.41, 5.74) is 3.82. The first kappa shape index (κ1) is 11.4. The van der Waals surface area contributed by atoms with E-state index in [0.717, 1.165) is 25.0 Å². The Labute approximate surface area is 95.4 Å². The summed E-state index contributed by atoms with van der Waals surface area (Å²) in [5.74, 6) is 5.56. The van der Waals surface area contributed by atoms with Crippen molar-refractivity contribution in [2.75, 3.05) is 6.61 Å². The number of ether oxygens (including phenoxy) is 1. The lowest BCUT2D eigenvalue weighted by molar-refractivity contribution is 0.00498. The monoisotopic (exact) mass is 222 g/mol. The molecule has 2 rings (SSSR count).